The molecule has 5 rings (SSSR count). The molecule has 2 fully saturated rings. The number of fused-ring (bicyclic) bond motifs is 3. The molecule has 3 aliphatic rings. The Bertz CT molecular complexity index is 885. The summed E-state index contributed by atoms with van der Waals surface area (Å²) < 4.78 is 25.9. The molecule has 0 saturated carbocycles. The molecule has 2 saturated heterocycles. The van der Waals surface area contributed by atoms with Gasteiger partial charge in [0.2, 0.25) is 5.79 Å². The smallest absolute Gasteiger partial charge is 0.213 e. The van der Waals surface area contributed by atoms with Crippen LogP contribution >= 0.6 is 11.6 Å². The number of hydrogen-bond acceptors (Lipinski definition) is 4. The summed E-state index contributed by atoms with van der Waals surface area (Å²) in [6.45, 7) is 3.80. The second kappa shape index (κ2) is 7.55. The van der Waals surface area contributed by atoms with Crippen LogP contribution in [0.5, 0.6) is 0 Å². The van der Waals surface area contributed by atoms with Crippen LogP contribution in [0.3, 0.4) is 0 Å². The van der Waals surface area contributed by atoms with Gasteiger partial charge < -0.3 is 19.3 Å². The topological polar surface area (TPSA) is 24.9 Å². The van der Waals surface area contributed by atoms with Crippen molar-refractivity contribution in [2.24, 2.45) is 0 Å². The standard InChI is InChI=1S/C23H26ClFN2O2/c1-26-10-8-19-20-14-17(24)4-7-21(20)27(22(19)9-11-26)15-23(28-12-13-29-23)16-2-5-18(25)6-3-16/h2-7,14,19,22H,8-13,15H2,1H3. The van der Waals surface area contributed by atoms with Crippen molar-refractivity contribution in [1.82, 2.24) is 4.90 Å². The van der Waals surface area contributed by atoms with E-state index in [1.165, 1.54) is 23.4 Å². The van der Waals surface area contributed by atoms with E-state index in [2.05, 4.69) is 29.0 Å². The summed E-state index contributed by atoms with van der Waals surface area (Å²) in [5.74, 6) is -0.687. The molecule has 0 aliphatic carbocycles. The monoisotopic (exact) mass is 416 g/mol. The van der Waals surface area contributed by atoms with Crippen molar-refractivity contribution in [3.63, 3.8) is 0 Å². The van der Waals surface area contributed by atoms with E-state index in [0.29, 0.717) is 31.7 Å². The summed E-state index contributed by atoms with van der Waals surface area (Å²) in [7, 11) is 2.19. The molecule has 154 valence electrons. The Morgan fingerprint density at radius 3 is 2.55 bits per heavy atom. The van der Waals surface area contributed by atoms with Crippen molar-refractivity contribution in [2.45, 2.75) is 30.6 Å². The van der Waals surface area contributed by atoms with Gasteiger partial charge in [0.15, 0.2) is 0 Å². The van der Waals surface area contributed by atoms with Crippen LogP contribution in [0.4, 0.5) is 10.1 Å². The SMILES string of the molecule is CN1CCC2c3cc(Cl)ccc3N(CC3(c4ccc(F)cc4)OCCO3)C2CC1. The summed E-state index contributed by atoms with van der Waals surface area (Å²) in [6, 6.07) is 13.1. The van der Waals surface area contributed by atoms with Gasteiger partial charge in [-0.15, -0.1) is 0 Å². The third-order valence-corrected chi connectivity index (χ3v) is 6.84. The van der Waals surface area contributed by atoms with Gasteiger partial charge in [0.1, 0.15) is 5.82 Å². The molecule has 0 spiro atoms. The first-order valence-corrected chi connectivity index (χ1v) is 10.7. The highest BCUT2D eigenvalue weighted by molar-refractivity contribution is 6.30. The van der Waals surface area contributed by atoms with Crippen LogP contribution in [0.25, 0.3) is 0 Å². The molecule has 4 nitrogen and oxygen atoms in total. The summed E-state index contributed by atoms with van der Waals surface area (Å²) in [6.07, 6.45) is 2.18. The first kappa shape index (κ1) is 19.3. The van der Waals surface area contributed by atoms with Crippen molar-refractivity contribution in [3.8, 4) is 0 Å². The quantitative estimate of drug-likeness (QED) is 0.741. The highest BCUT2D eigenvalue weighted by Gasteiger charge is 2.47. The lowest BCUT2D eigenvalue weighted by Gasteiger charge is -2.37. The van der Waals surface area contributed by atoms with Gasteiger partial charge in [0.05, 0.1) is 19.8 Å². The highest BCUT2D eigenvalue weighted by Crippen LogP contribution is 2.48. The lowest BCUT2D eigenvalue weighted by atomic mass is 9.91. The third kappa shape index (κ3) is 3.44. The maximum atomic E-state index is 13.5. The van der Waals surface area contributed by atoms with Crippen LogP contribution in [-0.2, 0) is 15.3 Å². The summed E-state index contributed by atoms with van der Waals surface area (Å²) in [5.41, 5.74) is 3.40. The van der Waals surface area contributed by atoms with Crippen molar-refractivity contribution >= 4 is 17.3 Å². The fraction of sp³-hybridized carbons (Fsp3) is 0.478. The molecule has 0 bridgehead atoms. The van der Waals surface area contributed by atoms with Gasteiger partial charge in [0.25, 0.3) is 0 Å². The number of rotatable bonds is 3. The van der Waals surface area contributed by atoms with Gasteiger partial charge in [-0.2, -0.15) is 0 Å². The molecule has 2 aromatic carbocycles. The average molecular weight is 417 g/mol. The van der Waals surface area contributed by atoms with Gasteiger partial charge >= 0.3 is 0 Å². The molecule has 29 heavy (non-hydrogen) atoms. The predicted molar refractivity (Wildman–Crippen MR) is 112 cm³/mol. The maximum Gasteiger partial charge on any atom is 0.213 e. The Morgan fingerprint density at radius 2 is 1.79 bits per heavy atom. The fourth-order valence-corrected chi connectivity index (χ4v) is 5.33. The largest absolute Gasteiger partial charge is 0.362 e. The van der Waals surface area contributed by atoms with Crippen molar-refractivity contribution in [2.75, 3.05) is 44.8 Å². The Hall–Kier alpha value is -1.66. The molecule has 0 N–H and O–H groups in total. The Balaban J connectivity index is 1.54. The zero-order valence-electron chi connectivity index (χ0n) is 16.6. The summed E-state index contributed by atoms with van der Waals surface area (Å²) in [4.78, 5) is 4.85. The number of hydrogen-bond donors (Lipinski definition) is 0. The lowest BCUT2D eigenvalue weighted by molar-refractivity contribution is -0.158. The molecular weight excluding hydrogens is 391 g/mol. The molecule has 6 heteroatoms. The van der Waals surface area contributed by atoms with Crippen LogP contribution in [0.1, 0.15) is 29.9 Å². The van der Waals surface area contributed by atoms with E-state index in [-0.39, 0.29) is 5.82 Å². The third-order valence-electron chi connectivity index (χ3n) is 6.61. The Morgan fingerprint density at radius 1 is 1.07 bits per heavy atom. The maximum absolute atomic E-state index is 13.5. The first-order valence-electron chi connectivity index (χ1n) is 10.3. The minimum atomic E-state index is -0.877. The fourth-order valence-electron chi connectivity index (χ4n) is 5.15. The van der Waals surface area contributed by atoms with E-state index in [0.717, 1.165) is 36.5 Å². The van der Waals surface area contributed by atoms with Crippen molar-refractivity contribution in [3.05, 3.63) is 64.4 Å². The zero-order valence-corrected chi connectivity index (χ0v) is 17.4. The van der Waals surface area contributed by atoms with E-state index < -0.39 is 5.79 Å². The van der Waals surface area contributed by atoms with E-state index in [1.807, 2.05) is 6.07 Å². The van der Waals surface area contributed by atoms with Crippen LogP contribution < -0.4 is 4.90 Å². The lowest BCUT2D eigenvalue weighted by Crippen LogP contribution is -2.46. The summed E-state index contributed by atoms with van der Waals surface area (Å²) >= 11 is 6.37. The van der Waals surface area contributed by atoms with Crippen LogP contribution in [0, 0.1) is 5.82 Å². The molecule has 0 radical (unpaired) electrons. The normalized spacial score (nSPS) is 26.2. The highest BCUT2D eigenvalue weighted by atomic mass is 35.5. The van der Waals surface area contributed by atoms with Gasteiger partial charge in [-0.25, -0.2) is 4.39 Å². The van der Waals surface area contributed by atoms with Crippen LogP contribution in [0.15, 0.2) is 42.5 Å². The first-order chi connectivity index (χ1) is 14.1. The molecule has 2 atom stereocenters. The van der Waals surface area contributed by atoms with Gasteiger partial charge in [0, 0.05) is 28.2 Å². The molecule has 0 aromatic heterocycles. The molecule has 3 heterocycles. The number of likely N-dealkylation sites (tertiary alicyclic amines) is 1. The van der Waals surface area contributed by atoms with E-state index in [1.54, 1.807) is 12.1 Å². The molecule has 3 aliphatic heterocycles. The number of halogens is 2. The van der Waals surface area contributed by atoms with E-state index in [4.69, 9.17) is 21.1 Å². The number of nitrogens with zero attached hydrogens (tertiary/aromatic N) is 2. The number of anilines is 1. The van der Waals surface area contributed by atoms with Crippen LogP contribution in [0.2, 0.25) is 5.02 Å². The zero-order chi connectivity index (χ0) is 20.0. The van der Waals surface area contributed by atoms with E-state index in [9.17, 15) is 4.39 Å². The average Bonchev–Trinajstić information content (AvgIpc) is 3.23. The molecule has 2 aromatic rings. The van der Waals surface area contributed by atoms with Crippen molar-refractivity contribution < 1.29 is 13.9 Å². The number of ether oxygens (including phenoxy) is 2. The molecule has 2 unspecified atom stereocenters. The predicted octanol–water partition coefficient (Wildman–Crippen LogP) is 4.38. The van der Waals surface area contributed by atoms with Crippen molar-refractivity contribution in [1.29, 1.82) is 0 Å². The van der Waals surface area contributed by atoms with E-state index >= 15 is 0 Å². The minimum absolute atomic E-state index is 0.255. The molecular formula is C23H26ClFN2O2. The molecule has 0 amide bonds. The van der Waals surface area contributed by atoms with Gasteiger partial charge in [-0.1, -0.05) is 23.7 Å². The van der Waals surface area contributed by atoms with Gasteiger partial charge in [-0.3, -0.25) is 0 Å². The van der Waals surface area contributed by atoms with Crippen LogP contribution in [-0.4, -0.2) is 50.8 Å². The Labute approximate surface area is 176 Å². The minimum Gasteiger partial charge on any atom is -0.362 e. The summed E-state index contributed by atoms with van der Waals surface area (Å²) in [5, 5.41) is 0.781. The Kier molecular flexibility index (Phi) is 5.03. The second-order valence-electron chi connectivity index (χ2n) is 8.34. The van der Waals surface area contributed by atoms with Gasteiger partial charge in [-0.05, 0) is 68.9 Å². The second-order valence-corrected chi connectivity index (χ2v) is 8.78. The number of benzene rings is 2.